The second-order valence-corrected chi connectivity index (χ2v) is 10.8. The van der Waals surface area contributed by atoms with Gasteiger partial charge in [0.25, 0.3) is 11.8 Å². The number of nitrogens with zero attached hydrogens (tertiary/aromatic N) is 1. The molecule has 0 spiro atoms. The maximum absolute atomic E-state index is 12.8. The van der Waals surface area contributed by atoms with Crippen LogP contribution in [-0.4, -0.2) is 30.7 Å². The van der Waals surface area contributed by atoms with Crippen LogP contribution in [0.25, 0.3) is 0 Å². The third-order valence-electron chi connectivity index (χ3n) is 5.47. The number of ether oxygens (including phenoxy) is 2. The van der Waals surface area contributed by atoms with E-state index in [1.165, 1.54) is 24.4 Å². The van der Waals surface area contributed by atoms with Gasteiger partial charge in [-0.2, -0.15) is 5.10 Å². The molecule has 0 radical (unpaired) electrons. The number of carbonyl (C=O) groups excluding carboxylic acids is 2. The molecule has 7 nitrogen and oxygen atoms in total. The Balaban J connectivity index is 1.69. The molecule has 0 aliphatic rings. The monoisotopic (exact) mass is 653 g/mol. The van der Waals surface area contributed by atoms with Crippen molar-refractivity contribution in [2.24, 2.45) is 11.0 Å². The van der Waals surface area contributed by atoms with Crippen molar-refractivity contribution in [3.8, 4) is 11.5 Å². The highest BCUT2D eigenvalue weighted by Crippen LogP contribution is 2.37. The zero-order valence-electron chi connectivity index (χ0n) is 21.4. The molecule has 0 aliphatic heterocycles. The van der Waals surface area contributed by atoms with Crippen molar-refractivity contribution >= 4 is 68.8 Å². The first-order valence-electron chi connectivity index (χ1n) is 12.0. The Morgan fingerprint density at radius 3 is 2.41 bits per heavy atom. The van der Waals surface area contributed by atoms with E-state index in [9.17, 15) is 9.59 Å². The van der Waals surface area contributed by atoms with E-state index in [0.717, 1.165) is 5.56 Å². The van der Waals surface area contributed by atoms with Crippen LogP contribution in [0.1, 0.15) is 42.3 Å². The summed E-state index contributed by atoms with van der Waals surface area (Å²) in [6.45, 7) is 6.17. The van der Waals surface area contributed by atoms with Gasteiger partial charge in [-0.25, -0.2) is 5.43 Å². The van der Waals surface area contributed by atoms with Crippen molar-refractivity contribution in [3.63, 3.8) is 0 Å². The van der Waals surface area contributed by atoms with E-state index >= 15 is 0 Å². The summed E-state index contributed by atoms with van der Waals surface area (Å²) in [4.78, 5) is 25.5. The van der Waals surface area contributed by atoms with Gasteiger partial charge in [-0.3, -0.25) is 9.59 Å². The molecule has 0 heterocycles. The number of nitrogens with one attached hydrogen (secondary N) is 2. The van der Waals surface area contributed by atoms with Crippen LogP contribution >= 0.6 is 50.7 Å². The molecule has 2 amide bonds. The Labute approximate surface area is 250 Å². The molecule has 3 rings (SSSR count). The van der Waals surface area contributed by atoms with Gasteiger partial charge >= 0.3 is 0 Å². The van der Waals surface area contributed by atoms with E-state index in [0.29, 0.717) is 38.2 Å². The molecule has 0 aromatic heterocycles. The fourth-order valence-electron chi connectivity index (χ4n) is 3.47. The van der Waals surface area contributed by atoms with Crippen LogP contribution in [0.15, 0.2) is 64.2 Å². The minimum Gasteiger partial charge on any atom is -0.490 e. The summed E-state index contributed by atoms with van der Waals surface area (Å²) < 4.78 is 12.4. The minimum absolute atomic E-state index is 0.208. The smallest absolute Gasteiger partial charge is 0.262 e. The summed E-state index contributed by atoms with van der Waals surface area (Å²) in [5.74, 6) is -0.119. The quantitative estimate of drug-likeness (QED) is 0.168. The average molecular weight is 656 g/mol. The summed E-state index contributed by atoms with van der Waals surface area (Å²) in [6.07, 6.45) is 1.47. The summed E-state index contributed by atoms with van der Waals surface area (Å²) in [5, 5.41) is 7.99. The maximum atomic E-state index is 12.8. The van der Waals surface area contributed by atoms with Gasteiger partial charge in [0.05, 0.1) is 27.3 Å². The summed E-state index contributed by atoms with van der Waals surface area (Å²) in [7, 11) is 0. The van der Waals surface area contributed by atoms with E-state index in [-0.39, 0.29) is 23.1 Å². The van der Waals surface area contributed by atoms with Gasteiger partial charge in [0.15, 0.2) is 11.5 Å². The van der Waals surface area contributed by atoms with Gasteiger partial charge in [-0.05, 0) is 70.7 Å². The summed E-state index contributed by atoms with van der Waals surface area (Å²) in [6, 6.07) is 14.6. The molecule has 1 unspecified atom stereocenters. The molecule has 11 heteroatoms. The normalized spacial score (nSPS) is 11.9. The van der Waals surface area contributed by atoms with Crippen LogP contribution < -0.4 is 20.2 Å². The highest BCUT2D eigenvalue weighted by molar-refractivity contribution is 9.10. The minimum atomic E-state index is -0.838. The Kier molecular flexibility index (Phi) is 11.5. The molecule has 39 heavy (non-hydrogen) atoms. The Morgan fingerprint density at radius 1 is 1.00 bits per heavy atom. The number of hydrogen-bond donors (Lipinski definition) is 2. The van der Waals surface area contributed by atoms with E-state index in [4.69, 9.17) is 44.3 Å². The zero-order valence-corrected chi connectivity index (χ0v) is 25.3. The molecule has 0 saturated carbocycles. The first-order valence-corrected chi connectivity index (χ1v) is 13.9. The number of rotatable bonds is 11. The van der Waals surface area contributed by atoms with Crippen molar-refractivity contribution < 1.29 is 19.1 Å². The molecule has 3 aromatic carbocycles. The standard InChI is InChI=1S/C28H27BrCl3N3O4/c1-4-38-24-12-17(11-20(29)26(24)39-15-19-7-5-6-8-21(19)30)14-33-35-28(37)25(16(2)3)34-27(36)18-9-10-22(31)23(32)13-18/h5-14,16,25H,4,15H2,1-3H3,(H,34,36)(H,35,37). The average Bonchev–Trinajstić information content (AvgIpc) is 2.89. The largest absolute Gasteiger partial charge is 0.490 e. The van der Waals surface area contributed by atoms with Crippen molar-refractivity contribution in [3.05, 3.63) is 90.8 Å². The van der Waals surface area contributed by atoms with E-state index in [2.05, 4.69) is 31.8 Å². The molecule has 0 aliphatic carbocycles. The number of hydrogen-bond acceptors (Lipinski definition) is 5. The molecule has 2 N–H and O–H groups in total. The van der Waals surface area contributed by atoms with E-state index in [1.807, 2.05) is 39.0 Å². The van der Waals surface area contributed by atoms with Crippen LogP contribution in [0, 0.1) is 5.92 Å². The van der Waals surface area contributed by atoms with Crippen LogP contribution in [0.4, 0.5) is 0 Å². The van der Waals surface area contributed by atoms with Crippen LogP contribution in [0.5, 0.6) is 11.5 Å². The van der Waals surface area contributed by atoms with Crippen molar-refractivity contribution in [2.75, 3.05) is 6.61 Å². The van der Waals surface area contributed by atoms with Crippen molar-refractivity contribution in [2.45, 2.75) is 33.4 Å². The van der Waals surface area contributed by atoms with Gasteiger partial charge in [-0.15, -0.1) is 0 Å². The van der Waals surface area contributed by atoms with Crippen LogP contribution in [-0.2, 0) is 11.4 Å². The van der Waals surface area contributed by atoms with Crippen molar-refractivity contribution in [1.82, 2.24) is 10.7 Å². The SMILES string of the molecule is CCOc1cc(C=NNC(=O)C(NC(=O)c2ccc(Cl)c(Cl)c2)C(C)C)cc(Br)c1OCc1ccccc1Cl. The molecule has 0 bridgehead atoms. The van der Waals surface area contributed by atoms with Gasteiger partial charge in [0.1, 0.15) is 12.6 Å². The molecule has 0 fully saturated rings. The summed E-state index contributed by atoms with van der Waals surface area (Å²) in [5.41, 5.74) is 4.27. The predicted molar refractivity (Wildman–Crippen MR) is 159 cm³/mol. The van der Waals surface area contributed by atoms with Crippen LogP contribution in [0.3, 0.4) is 0 Å². The van der Waals surface area contributed by atoms with E-state index in [1.54, 1.807) is 18.2 Å². The maximum Gasteiger partial charge on any atom is 0.262 e. The van der Waals surface area contributed by atoms with Crippen LogP contribution in [0.2, 0.25) is 15.1 Å². The fraction of sp³-hybridized carbons (Fsp3) is 0.250. The lowest BCUT2D eigenvalue weighted by molar-refractivity contribution is -0.123. The number of benzene rings is 3. The topological polar surface area (TPSA) is 89.0 Å². The molecule has 3 aromatic rings. The first kappa shape index (κ1) is 30.8. The predicted octanol–water partition coefficient (Wildman–Crippen LogP) is 7.29. The van der Waals surface area contributed by atoms with Gasteiger partial charge < -0.3 is 14.8 Å². The first-order chi connectivity index (χ1) is 18.6. The van der Waals surface area contributed by atoms with Gasteiger partial charge in [-0.1, -0.05) is 66.8 Å². The van der Waals surface area contributed by atoms with E-state index < -0.39 is 17.9 Å². The number of halogens is 4. The second kappa shape index (κ2) is 14.6. The molecule has 1 atom stereocenters. The Hall–Kier alpha value is -2.78. The van der Waals surface area contributed by atoms with Gasteiger partial charge in [0, 0.05) is 16.1 Å². The Bertz CT molecular complexity index is 1370. The number of carbonyl (C=O) groups is 2. The highest BCUT2D eigenvalue weighted by Gasteiger charge is 2.25. The molecule has 206 valence electrons. The molecular weight excluding hydrogens is 629 g/mol. The zero-order chi connectivity index (χ0) is 28.5. The Morgan fingerprint density at radius 2 is 1.74 bits per heavy atom. The lowest BCUT2D eigenvalue weighted by Crippen LogP contribution is -2.48. The highest BCUT2D eigenvalue weighted by atomic mass is 79.9. The third-order valence-corrected chi connectivity index (χ3v) is 7.16. The second-order valence-electron chi connectivity index (χ2n) is 8.70. The van der Waals surface area contributed by atoms with Gasteiger partial charge in [0.2, 0.25) is 0 Å². The van der Waals surface area contributed by atoms with Crippen molar-refractivity contribution in [1.29, 1.82) is 0 Å². The lowest BCUT2D eigenvalue weighted by Gasteiger charge is -2.20. The third kappa shape index (κ3) is 8.60. The lowest BCUT2D eigenvalue weighted by atomic mass is 10.0. The number of amides is 2. The molecule has 0 saturated heterocycles. The summed E-state index contributed by atoms with van der Waals surface area (Å²) >= 11 is 21.7. The molecular formula is C28H27BrCl3N3O4. The fourth-order valence-corrected chi connectivity index (χ4v) is 4.53. The number of hydrazone groups is 1.